The average molecular weight is 300 g/mol. The normalized spacial score (nSPS) is 10.7. The maximum absolute atomic E-state index is 11.6. The van der Waals surface area contributed by atoms with Crippen LogP contribution in [0, 0.1) is 0 Å². The van der Waals surface area contributed by atoms with Crippen LogP contribution in [0.5, 0.6) is 0 Å². The zero-order chi connectivity index (χ0) is 14.7. The first-order valence-electron chi connectivity index (χ1n) is 6.63. The van der Waals surface area contributed by atoms with Gasteiger partial charge in [0.25, 0.3) is 0 Å². The molecule has 0 unspecified atom stereocenters. The third-order valence-electron chi connectivity index (χ3n) is 3.09. The van der Waals surface area contributed by atoms with Crippen molar-refractivity contribution < 1.29 is 14.1 Å². The van der Waals surface area contributed by atoms with E-state index in [1.807, 2.05) is 35.2 Å². The molecule has 0 N–H and O–H groups in total. The molecule has 0 aliphatic carbocycles. The summed E-state index contributed by atoms with van der Waals surface area (Å²) >= 11 is 1.22. The highest BCUT2D eigenvalue weighted by Crippen LogP contribution is 2.13. The quantitative estimate of drug-likeness (QED) is 0.547. The van der Waals surface area contributed by atoms with Crippen LogP contribution in [0.2, 0.25) is 0 Å². The highest BCUT2D eigenvalue weighted by molar-refractivity contribution is 7.00. The second-order valence-electron chi connectivity index (χ2n) is 4.57. The van der Waals surface area contributed by atoms with Gasteiger partial charge in [0.1, 0.15) is 11.0 Å². The molecular weight excluding hydrogens is 286 g/mol. The highest BCUT2D eigenvalue weighted by Gasteiger charge is 2.10. The number of rotatable bonds is 4. The lowest BCUT2D eigenvalue weighted by Gasteiger charge is -2.01. The largest absolute Gasteiger partial charge is 0.462 e. The Morgan fingerprint density at radius 3 is 2.71 bits per heavy atom. The Morgan fingerprint density at radius 2 is 1.95 bits per heavy atom. The SMILES string of the molecule is CCOC(=O)c1cc[n+](Cc2ccc3nsnc3c2)cc1. The van der Waals surface area contributed by atoms with Gasteiger partial charge in [-0.1, -0.05) is 6.07 Å². The number of hydrogen-bond donors (Lipinski definition) is 0. The summed E-state index contributed by atoms with van der Waals surface area (Å²) in [6.07, 6.45) is 3.74. The van der Waals surface area contributed by atoms with E-state index in [1.165, 1.54) is 11.7 Å². The van der Waals surface area contributed by atoms with E-state index in [9.17, 15) is 4.79 Å². The lowest BCUT2D eigenvalue weighted by molar-refractivity contribution is -0.688. The standard InChI is InChI=1S/C15H14N3O2S/c1-2-20-15(19)12-5-7-18(8-6-12)10-11-3-4-13-14(9-11)17-21-16-13/h3-9H,2,10H2,1H3/q+1. The molecule has 0 bridgehead atoms. The van der Waals surface area contributed by atoms with Crippen molar-refractivity contribution in [2.24, 2.45) is 0 Å². The summed E-state index contributed by atoms with van der Waals surface area (Å²) in [7, 11) is 0. The van der Waals surface area contributed by atoms with E-state index in [1.54, 1.807) is 19.1 Å². The molecule has 3 aromatic rings. The van der Waals surface area contributed by atoms with Crippen molar-refractivity contribution in [1.29, 1.82) is 0 Å². The maximum atomic E-state index is 11.6. The van der Waals surface area contributed by atoms with E-state index in [0.29, 0.717) is 12.2 Å². The number of ether oxygens (including phenoxy) is 1. The summed E-state index contributed by atoms with van der Waals surface area (Å²) in [5, 5.41) is 0. The molecule has 5 nitrogen and oxygen atoms in total. The number of pyridine rings is 1. The van der Waals surface area contributed by atoms with Gasteiger partial charge in [0.2, 0.25) is 0 Å². The molecule has 0 amide bonds. The third-order valence-corrected chi connectivity index (χ3v) is 3.64. The molecule has 6 heteroatoms. The summed E-state index contributed by atoms with van der Waals surface area (Å²) in [6.45, 7) is 2.90. The predicted molar refractivity (Wildman–Crippen MR) is 79.1 cm³/mol. The molecule has 1 aromatic carbocycles. The molecule has 0 fully saturated rings. The monoisotopic (exact) mass is 300 g/mol. The van der Waals surface area contributed by atoms with Gasteiger partial charge in [0.05, 0.1) is 23.9 Å². The molecular formula is C15H14N3O2S+. The molecule has 0 spiro atoms. The van der Waals surface area contributed by atoms with Gasteiger partial charge in [0.15, 0.2) is 18.9 Å². The lowest BCUT2D eigenvalue weighted by atomic mass is 10.2. The van der Waals surface area contributed by atoms with Gasteiger partial charge in [0, 0.05) is 17.7 Å². The smallest absolute Gasteiger partial charge is 0.338 e. The first-order valence-corrected chi connectivity index (χ1v) is 7.36. The Kier molecular flexibility index (Phi) is 3.87. The summed E-state index contributed by atoms with van der Waals surface area (Å²) in [5.74, 6) is -0.292. The van der Waals surface area contributed by atoms with E-state index >= 15 is 0 Å². The van der Waals surface area contributed by atoms with Crippen molar-refractivity contribution in [2.45, 2.75) is 13.5 Å². The van der Waals surface area contributed by atoms with Gasteiger partial charge < -0.3 is 4.74 Å². The zero-order valence-electron chi connectivity index (χ0n) is 11.5. The Labute approximate surface area is 126 Å². The van der Waals surface area contributed by atoms with Crippen molar-refractivity contribution in [2.75, 3.05) is 6.61 Å². The van der Waals surface area contributed by atoms with E-state index in [4.69, 9.17) is 4.74 Å². The highest BCUT2D eigenvalue weighted by atomic mass is 32.1. The number of nitrogens with zero attached hydrogens (tertiary/aromatic N) is 3. The van der Waals surface area contributed by atoms with Gasteiger partial charge in [-0.15, -0.1) is 0 Å². The van der Waals surface area contributed by atoms with Crippen LogP contribution in [0.3, 0.4) is 0 Å². The molecule has 0 saturated heterocycles. The van der Waals surface area contributed by atoms with E-state index in [-0.39, 0.29) is 5.97 Å². The number of esters is 1. The number of aromatic nitrogens is 3. The maximum Gasteiger partial charge on any atom is 0.338 e. The van der Waals surface area contributed by atoms with Crippen molar-refractivity contribution in [3.05, 3.63) is 53.9 Å². The molecule has 0 saturated carbocycles. The molecule has 0 aliphatic heterocycles. The van der Waals surface area contributed by atoms with Crippen LogP contribution < -0.4 is 4.57 Å². The van der Waals surface area contributed by atoms with E-state index < -0.39 is 0 Å². The van der Waals surface area contributed by atoms with Crippen LogP contribution in [-0.4, -0.2) is 21.3 Å². The predicted octanol–water partition coefficient (Wildman–Crippen LogP) is 2.20. The fourth-order valence-corrected chi connectivity index (χ4v) is 2.57. The Morgan fingerprint density at radius 1 is 1.19 bits per heavy atom. The Balaban J connectivity index is 1.76. The second kappa shape index (κ2) is 5.97. The number of carbonyl (C=O) groups is 1. The zero-order valence-corrected chi connectivity index (χ0v) is 12.3. The van der Waals surface area contributed by atoms with E-state index in [0.717, 1.165) is 23.1 Å². The molecule has 0 aliphatic rings. The van der Waals surface area contributed by atoms with Crippen LogP contribution in [0.15, 0.2) is 42.7 Å². The van der Waals surface area contributed by atoms with Gasteiger partial charge in [-0.3, -0.25) is 0 Å². The first-order chi connectivity index (χ1) is 10.3. The molecule has 3 rings (SSSR count). The fraction of sp³-hybridized carbons (Fsp3) is 0.200. The fourth-order valence-electron chi connectivity index (χ4n) is 2.05. The minimum Gasteiger partial charge on any atom is -0.462 e. The lowest BCUT2D eigenvalue weighted by Crippen LogP contribution is -2.33. The van der Waals surface area contributed by atoms with Crippen molar-refractivity contribution in [1.82, 2.24) is 8.75 Å². The van der Waals surface area contributed by atoms with Crippen LogP contribution in [0.1, 0.15) is 22.8 Å². The number of fused-ring (bicyclic) bond motifs is 1. The van der Waals surface area contributed by atoms with Gasteiger partial charge >= 0.3 is 5.97 Å². The summed E-state index contributed by atoms with van der Waals surface area (Å²) in [6, 6.07) is 9.57. The van der Waals surface area contributed by atoms with Gasteiger partial charge in [-0.2, -0.15) is 8.75 Å². The van der Waals surface area contributed by atoms with Crippen molar-refractivity contribution in [3.63, 3.8) is 0 Å². The molecule has 0 atom stereocenters. The summed E-state index contributed by atoms with van der Waals surface area (Å²) in [5.41, 5.74) is 3.55. The van der Waals surface area contributed by atoms with Crippen LogP contribution in [0.25, 0.3) is 11.0 Å². The number of carbonyl (C=O) groups excluding carboxylic acids is 1. The molecule has 106 valence electrons. The molecule has 2 heterocycles. The van der Waals surface area contributed by atoms with Crippen LogP contribution in [0.4, 0.5) is 0 Å². The third kappa shape index (κ3) is 3.05. The Bertz CT molecular complexity index is 768. The minimum absolute atomic E-state index is 0.292. The average Bonchev–Trinajstić information content (AvgIpc) is 2.96. The minimum atomic E-state index is -0.292. The molecule has 2 aromatic heterocycles. The second-order valence-corrected chi connectivity index (χ2v) is 5.10. The summed E-state index contributed by atoms with van der Waals surface area (Å²) < 4.78 is 15.4. The molecule has 0 radical (unpaired) electrons. The van der Waals surface area contributed by atoms with Crippen molar-refractivity contribution >= 4 is 28.7 Å². The number of benzene rings is 1. The first kappa shape index (κ1) is 13.6. The van der Waals surface area contributed by atoms with Gasteiger partial charge in [-0.25, -0.2) is 9.36 Å². The van der Waals surface area contributed by atoms with Crippen molar-refractivity contribution in [3.8, 4) is 0 Å². The molecule has 21 heavy (non-hydrogen) atoms. The topological polar surface area (TPSA) is 56.0 Å². The van der Waals surface area contributed by atoms with Gasteiger partial charge in [-0.05, 0) is 19.1 Å². The summed E-state index contributed by atoms with van der Waals surface area (Å²) in [4.78, 5) is 11.6. The van der Waals surface area contributed by atoms with Crippen LogP contribution >= 0.6 is 11.7 Å². The van der Waals surface area contributed by atoms with Crippen LogP contribution in [-0.2, 0) is 11.3 Å². The van der Waals surface area contributed by atoms with E-state index in [2.05, 4.69) is 8.75 Å². The Hall–Kier alpha value is -2.34. The number of hydrogen-bond acceptors (Lipinski definition) is 5.